The molecule has 2 rings (SSSR count). The maximum absolute atomic E-state index is 6.11. The molecule has 0 unspecified atom stereocenters. The predicted octanol–water partition coefficient (Wildman–Crippen LogP) is 3.70. The Kier molecular flexibility index (Phi) is 3.61. The lowest BCUT2D eigenvalue weighted by Crippen LogP contribution is -2.32. The average Bonchev–Trinajstić information content (AvgIpc) is 2.69. The molecule has 5 heteroatoms. The number of imidazole rings is 1. The van der Waals surface area contributed by atoms with Crippen LogP contribution in [0.1, 0.15) is 40.0 Å². The highest BCUT2D eigenvalue weighted by Gasteiger charge is 2.30. The standard InChI is InChI=1S/C13H19BrN4/c1-4-13(5-2,6-3)18-11-10(17-12(18)15)7-9(14)8-16-11/h7-8H,4-6H2,1-3H3,(H2,15,17). The van der Waals surface area contributed by atoms with Crippen molar-refractivity contribution >= 4 is 33.0 Å². The minimum absolute atomic E-state index is 0.0136. The van der Waals surface area contributed by atoms with E-state index < -0.39 is 0 Å². The van der Waals surface area contributed by atoms with Gasteiger partial charge in [-0.3, -0.25) is 4.57 Å². The van der Waals surface area contributed by atoms with Crippen molar-refractivity contribution in [2.75, 3.05) is 5.73 Å². The summed E-state index contributed by atoms with van der Waals surface area (Å²) >= 11 is 3.42. The first-order valence-corrected chi connectivity index (χ1v) is 7.17. The van der Waals surface area contributed by atoms with Crippen molar-refractivity contribution in [1.29, 1.82) is 0 Å². The molecule has 0 aliphatic carbocycles. The number of aromatic nitrogens is 3. The molecule has 0 aliphatic heterocycles. The smallest absolute Gasteiger partial charge is 0.202 e. The number of anilines is 1. The minimum atomic E-state index is 0.0136. The molecule has 2 aromatic heterocycles. The first kappa shape index (κ1) is 13.3. The first-order chi connectivity index (χ1) is 8.57. The Bertz CT molecular complexity index is 549. The summed E-state index contributed by atoms with van der Waals surface area (Å²) in [5.74, 6) is 0.557. The molecule has 0 saturated heterocycles. The van der Waals surface area contributed by atoms with Crippen molar-refractivity contribution < 1.29 is 0 Å². The van der Waals surface area contributed by atoms with E-state index >= 15 is 0 Å². The fraction of sp³-hybridized carbons (Fsp3) is 0.538. The molecule has 0 spiro atoms. The molecule has 0 atom stereocenters. The Balaban J connectivity index is 2.73. The third-order valence-electron chi connectivity index (χ3n) is 3.94. The molecule has 0 saturated carbocycles. The van der Waals surface area contributed by atoms with E-state index in [4.69, 9.17) is 5.73 Å². The van der Waals surface area contributed by atoms with Crippen LogP contribution in [0, 0.1) is 0 Å². The number of pyridine rings is 1. The Morgan fingerprint density at radius 3 is 2.44 bits per heavy atom. The lowest BCUT2D eigenvalue weighted by molar-refractivity contribution is 0.261. The summed E-state index contributed by atoms with van der Waals surface area (Å²) in [6.07, 6.45) is 4.86. The fourth-order valence-electron chi connectivity index (χ4n) is 2.65. The number of hydrogen-bond acceptors (Lipinski definition) is 3. The molecule has 2 heterocycles. The Labute approximate surface area is 116 Å². The van der Waals surface area contributed by atoms with Gasteiger partial charge in [0, 0.05) is 16.2 Å². The second kappa shape index (κ2) is 4.88. The van der Waals surface area contributed by atoms with Gasteiger partial charge in [0.25, 0.3) is 0 Å². The normalized spacial score (nSPS) is 12.2. The topological polar surface area (TPSA) is 56.7 Å². The molecule has 0 aromatic carbocycles. The molecule has 18 heavy (non-hydrogen) atoms. The molecule has 0 amide bonds. The third-order valence-corrected chi connectivity index (χ3v) is 4.37. The van der Waals surface area contributed by atoms with Gasteiger partial charge in [-0.15, -0.1) is 0 Å². The number of nitrogen functional groups attached to an aromatic ring is 1. The van der Waals surface area contributed by atoms with Crippen molar-refractivity contribution in [3.63, 3.8) is 0 Å². The molecule has 4 nitrogen and oxygen atoms in total. The van der Waals surface area contributed by atoms with Crippen LogP contribution in [-0.4, -0.2) is 14.5 Å². The van der Waals surface area contributed by atoms with Crippen LogP contribution >= 0.6 is 15.9 Å². The summed E-state index contributed by atoms with van der Waals surface area (Å²) in [4.78, 5) is 8.92. The van der Waals surface area contributed by atoms with Crippen molar-refractivity contribution in [3.05, 3.63) is 16.7 Å². The average molecular weight is 311 g/mol. The van der Waals surface area contributed by atoms with Crippen LogP contribution in [0.2, 0.25) is 0 Å². The van der Waals surface area contributed by atoms with Crippen LogP contribution < -0.4 is 5.73 Å². The van der Waals surface area contributed by atoms with Gasteiger partial charge in [0.05, 0.1) is 0 Å². The van der Waals surface area contributed by atoms with E-state index in [9.17, 15) is 0 Å². The van der Waals surface area contributed by atoms with Crippen LogP contribution in [0.5, 0.6) is 0 Å². The largest absolute Gasteiger partial charge is 0.369 e. The summed E-state index contributed by atoms with van der Waals surface area (Å²) in [7, 11) is 0. The van der Waals surface area contributed by atoms with Gasteiger partial charge >= 0.3 is 0 Å². The quantitative estimate of drug-likeness (QED) is 0.936. The zero-order chi connectivity index (χ0) is 13.3. The second-order valence-electron chi connectivity index (χ2n) is 4.59. The van der Waals surface area contributed by atoms with E-state index in [0.717, 1.165) is 34.9 Å². The molecule has 0 radical (unpaired) electrons. The van der Waals surface area contributed by atoms with E-state index in [1.165, 1.54) is 0 Å². The predicted molar refractivity (Wildman–Crippen MR) is 78.5 cm³/mol. The molecular formula is C13H19BrN4. The van der Waals surface area contributed by atoms with Crippen LogP contribution in [0.25, 0.3) is 11.2 Å². The number of halogens is 1. The summed E-state index contributed by atoms with van der Waals surface area (Å²) in [6.45, 7) is 6.57. The van der Waals surface area contributed by atoms with Gasteiger partial charge in [0.1, 0.15) is 5.52 Å². The summed E-state index contributed by atoms with van der Waals surface area (Å²) in [5.41, 5.74) is 7.85. The van der Waals surface area contributed by atoms with Crippen LogP contribution in [0.3, 0.4) is 0 Å². The van der Waals surface area contributed by atoms with Crippen LogP contribution in [-0.2, 0) is 5.54 Å². The summed E-state index contributed by atoms with van der Waals surface area (Å²) in [6, 6.07) is 1.96. The third kappa shape index (κ3) is 1.90. The van der Waals surface area contributed by atoms with E-state index in [1.807, 2.05) is 6.07 Å². The van der Waals surface area contributed by atoms with Gasteiger partial charge in [-0.2, -0.15) is 0 Å². The zero-order valence-corrected chi connectivity index (χ0v) is 12.7. The molecule has 98 valence electrons. The maximum Gasteiger partial charge on any atom is 0.202 e. The second-order valence-corrected chi connectivity index (χ2v) is 5.50. The lowest BCUT2D eigenvalue weighted by Gasteiger charge is -2.33. The molecule has 2 aromatic rings. The number of rotatable bonds is 4. The molecular weight excluding hydrogens is 292 g/mol. The number of fused-ring (bicyclic) bond motifs is 1. The van der Waals surface area contributed by atoms with Gasteiger partial charge in [-0.05, 0) is 41.3 Å². The van der Waals surface area contributed by atoms with Gasteiger partial charge < -0.3 is 5.73 Å². The number of nitrogens with zero attached hydrogens (tertiary/aromatic N) is 3. The minimum Gasteiger partial charge on any atom is -0.369 e. The SMILES string of the molecule is CCC(CC)(CC)n1c(N)nc2cc(Br)cnc21. The zero-order valence-electron chi connectivity index (χ0n) is 11.1. The molecule has 0 bridgehead atoms. The summed E-state index contributed by atoms with van der Waals surface area (Å²) < 4.78 is 3.03. The Morgan fingerprint density at radius 2 is 1.89 bits per heavy atom. The number of hydrogen-bond donors (Lipinski definition) is 1. The Morgan fingerprint density at radius 1 is 1.28 bits per heavy atom. The van der Waals surface area contributed by atoms with E-state index in [1.54, 1.807) is 6.20 Å². The fourth-order valence-corrected chi connectivity index (χ4v) is 2.97. The molecule has 2 N–H and O–H groups in total. The number of nitrogens with two attached hydrogens (primary N) is 1. The van der Waals surface area contributed by atoms with Gasteiger partial charge in [-0.25, -0.2) is 9.97 Å². The highest BCUT2D eigenvalue weighted by molar-refractivity contribution is 9.10. The maximum atomic E-state index is 6.11. The van der Waals surface area contributed by atoms with Crippen LogP contribution in [0.4, 0.5) is 5.95 Å². The van der Waals surface area contributed by atoms with Crippen molar-refractivity contribution in [3.8, 4) is 0 Å². The van der Waals surface area contributed by atoms with Crippen molar-refractivity contribution in [2.45, 2.75) is 45.6 Å². The highest BCUT2D eigenvalue weighted by atomic mass is 79.9. The van der Waals surface area contributed by atoms with E-state index in [-0.39, 0.29) is 5.54 Å². The van der Waals surface area contributed by atoms with Crippen molar-refractivity contribution in [2.24, 2.45) is 0 Å². The highest BCUT2D eigenvalue weighted by Crippen LogP contribution is 2.34. The lowest BCUT2D eigenvalue weighted by atomic mass is 9.89. The summed E-state index contributed by atoms with van der Waals surface area (Å²) in [5, 5.41) is 0. The van der Waals surface area contributed by atoms with Crippen LogP contribution in [0.15, 0.2) is 16.7 Å². The van der Waals surface area contributed by atoms with Gasteiger partial charge in [0.15, 0.2) is 5.65 Å². The molecule has 0 aliphatic rings. The van der Waals surface area contributed by atoms with E-state index in [0.29, 0.717) is 5.95 Å². The monoisotopic (exact) mass is 310 g/mol. The Hall–Kier alpha value is -1.10. The van der Waals surface area contributed by atoms with E-state index in [2.05, 4.69) is 51.2 Å². The van der Waals surface area contributed by atoms with Crippen molar-refractivity contribution in [1.82, 2.24) is 14.5 Å². The molecule has 0 fully saturated rings. The first-order valence-electron chi connectivity index (χ1n) is 6.38. The van der Waals surface area contributed by atoms with Gasteiger partial charge in [-0.1, -0.05) is 20.8 Å². The van der Waals surface area contributed by atoms with Gasteiger partial charge in [0.2, 0.25) is 5.95 Å².